The number of rotatable bonds is 6. The molecule has 0 amide bonds. The summed E-state index contributed by atoms with van der Waals surface area (Å²) in [5.41, 5.74) is -1.30. The van der Waals surface area contributed by atoms with Gasteiger partial charge < -0.3 is 14.9 Å². The van der Waals surface area contributed by atoms with Crippen LogP contribution in [0.2, 0.25) is 0 Å². The van der Waals surface area contributed by atoms with Crippen molar-refractivity contribution in [2.75, 3.05) is 19.7 Å². The third-order valence-corrected chi connectivity index (χ3v) is 4.55. The van der Waals surface area contributed by atoms with Gasteiger partial charge in [0.25, 0.3) is 0 Å². The van der Waals surface area contributed by atoms with E-state index in [2.05, 4.69) is 18.7 Å². The first-order valence-corrected chi connectivity index (χ1v) is 8.01. The summed E-state index contributed by atoms with van der Waals surface area (Å²) in [6, 6.07) is 6.07. The fourth-order valence-electron chi connectivity index (χ4n) is 3.09. The van der Waals surface area contributed by atoms with Gasteiger partial charge in [-0.3, -0.25) is 4.90 Å². The molecule has 2 atom stereocenters. The maximum atomic E-state index is 12.9. The number of β-amino-alcohol motifs (C(OH)–C–C–N with tert-alkyl or cyclic N) is 1. The van der Waals surface area contributed by atoms with Gasteiger partial charge >= 0.3 is 0 Å². The molecule has 1 aromatic carbocycles. The molecule has 1 heterocycles. The predicted molar refractivity (Wildman–Crippen MR) is 83.4 cm³/mol. The quantitative estimate of drug-likeness (QED) is 0.845. The van der Waals surface area contributed by atoms with Crippen molar-refractivity contribution >= 4 is 0 Å². The molecule has 1 aliphatic heterocycles. The fourth-order valence-corrected chi connectivity index (χ4v) is 3.09. The van der Waals surface area contributed by atoms with Gasteiger partial charge in [0.1, 0.15) is 23.8 Å². The highest BCUT2D eigenvalue weighted by atomic mass is 19.1. The minimum atomic E-state index is -1.30. The second kappa shape index (κ2) is 7.40. The Hall–Kier alpha value is -1.17. The van der Waals surface area contributed by atoms with Gasteiger partial charge in [-0.05, 0) is 43.5 Å². The minimum Gasteiger partial charge on any atom is -0.490 e. The Morgan fingerprint density at radius 3 is 2.55 bits per heavy atom. The Bertz CT molecular complexity index is 463. The van der Waals surface area contributed by atoms with E-state index >= 15 is 0 Å². The lowest BCUT2D eigenvalue weighted by Crippen LogP contribution is -2.61. The minimum absolute atomic E-state index is 0.00352. The molecule has 0 unspecified atom stereocenters. The van der Waals surface area contributed by atoms with Crippen molar-refractivity contribution in [1.82, 2.24) is 4.90 Å². The van der Waals surface area contributed by atoms with E-state index in [4.69, 9.17) is 4.74 Å². The van der Waals surface area contributed by atoms with E-state index in [1.807, 2.05) is 0 Å². The average Bonchev–Trinajstić information content (AvgIpc) is 2.52. The highest BCUT2D eigenvalue weighted by Gasteiger charge is 2.43. The lowest BCUT2D eigenvalue weighted by atomic mass is 9.89. The Morgan fingerprint density at radius 2 is 1.95 bits per heavy atom. The van der Waals surface area contributed by atoms with Crippen molar-refractivity contribution < 1.29 is 19.3 Å². The van der Waals surface area contributed by atoms with Crippen LogP contribution < -0.4 is 4.74 Å². The molecule has 0 spiro atoms. The number of piperidine rings is 1. The molecule has 0 saturated carbocycles. The smallest absolute Gasteiger partial charge is 0.137 e. The van der Waals surface area contributed by atoms with Crippen molar-refractivity contribution in [2.24, 2.45) is 0 Å². The fraction of sp³-hybridized carbons (Fsp3) is 0.647. The van der Waals surface area contributed by atoms with Gasteiger partial charge in [0, 0.05) is 19.1 Å². The van der Waals surface area contributed by atoms with E-state index in [0.717, 1.165) is 19.4 Å². The number of halogens is 1. The number of nitrogens with zero attached hydrogens (tertiary/aromatic N) is 1. The standard InChI is InChI=1S/C17H26FNO3/c1-3-14(4-2)19-10-9-16(20)17(21,11-19)12-22-15-7-5-13(18)6-8-15/h5-8,14,16,20-21H,3-4,9-12H2,1-2H3/t16-,17-/m0/s1. The van der Waals surface area contributed by atoms with Crippen LogP contribution in [0.15, 0.2) is 24.3 Å². The predicted octanol–water partition coefficient (Wildman–Crippen LogP) is 2.19. The van der Waals surface area contributed by atoms with Crippen LogP contribution >= 0.6 is 0 Å². The van der Waals surface area contributed by atoms with Crippen LogP contribution in [0.1, 0.15) is 33.1 Å². The molecule has 0 bridgehead atoms. The first-order chi connectivity index (χ1) is 10.5. The molecule has 124 valence electrons. The number of benzene rings is 1. The number of likely N-dealkylation sites (tertiary alicyclic amines) is 1. The summed E-state index contributed by atoms with van der Waals surface area (Å²) in [6.07, 6.45) is 1.75. The van der Waals surface area contributed by atoms with Crippen LogP contribution in [-0.4, -0.2) is 52.6 Å². The van der Waals surface area contributed by atoms with Gasteiger partial charge in [0.05, 0.1) is 6.10 Å². The van der Waals surface area contributed by atoms with Crippen LogP contribution in [0.3, 0.4) is 0 Å². The van der Waals surface area contributed by atoms with Gasteiger partial charge in [0.2, 0.25) is 0 Å². The summed E-state index contributed by atoms with van der Waals surface area (Å²) in [5, 5.41) is 21.0. The van der Waals surface area contributed by atoms with Crippen LogP contribution in [0.4, 0.5) is 4.39 Å². The Labute approximate surface area is 131 Å². The van der Waals surface area contributed by atoms with Gasteiger partial charge in [-0.25, -0.2) is 4.39 Å². The van der Waals surface area contributed by atoms with Gasteiger partial charge in [-0.15, -0.1) is 0 Å². The molecule has 1 aromatic rings. The van der Waals surface area contributed by atoms with E-state index in [0.29, 0.717) is 24.8 Å². The van der Waals surface area contributed by atoms with Gasteiger partial charge in [0.15, 0.2) is 0 Å². The number of hydrogen-bond donors (Lipinski definition) is 2. The van der Waals surface area contributed by atoms with Crippen molar-refractivity contribution in [3.8, 4) is 5.75 Å². The molecular formula is C17H26FNO3. The van der Waals surface area contributed by atoms with Gasteiger partial charge in [-0.1, -0.05) is 13.8 Å². The molecule has 22 heavy (non-hydrogen) atoms. The summed E-state index contributed by atoms with van der Waals surface area (Å²) < 4.78 is 18.5. The maximum Gasteiger partial charge on any atom is 0.137 e. The largest absolute Gasteiger partial charge is 0.490 e. The molecule has 0 aliphatic carbocycles. The Kier molecular flexibility index (Phi) is 5.78. The summed E-state index contributed by atoms with van der Waals surface area (Å²) in [7, 11) is 0. The molecule has 4 nitrogen and oxygen atoms in total. The van der Waals surface area contributed by atoms with Crippen molar-refractivity contribution in [2.45, 2.75) is 50.9 Å². The molecule has 2 N–H and O–H groups in total. The summed E-state index contributed by atoms with van der Waals surface area (Å²) >= 11 is 0. The second-order valence-corrected chi connectivity index (χ2v) is 6.09. The van der Waals surface area contributed by atoms with Gasteiger partial charge in [-0.2, -0.15) is 0 Å². The first-order valence-electron chi connectivity index (χ1n) is 8.01. The molecule has 1 fully saturated rings. The third kappa shape index (κ3) is 3.97. The molecule has 1 saturated heterocycles. The lowest BCUT2D eigenvalue weighted by Gasteiger charge is -2.45. The van der Waals surface area contributed by atoms with Crippen molar-refractivity contribution in [3.63, 3.8) is 0 Å². The maximum absolute atomic E-state index is 12.9. The second-order valence-electron chi connectivity index (χ2n) is 6.09. The highest BCUT2D eigenvalue weighted by molar-refractivity contribution is 5.22. The number of ether oxygens (including phenoxy) is 1. The van der Waals surface area contributed by atoms with Crippen molar-refractivity contribution in [1.29, 1.82) is 0 Å². The van der Waals surface area contributed by atoms with E-state index < -0.39 is 11.7 Å². The molecule has 2 rings (SSSR count). The molecule has 0 aromatic heterocycles. The van der Waals surface area contributed by atoms with E-state index in [1.165, 1.54) is 24.3 Å². The average molecular weight is 311 g/mol. The zero-order valence-electron chi connectivity index (χ0n) is 13.3. The van der Waals surface area contributed by atoms with Crippen LogP contribution in [0.5, 0.6) is 5.75 Å². The normalized spacial score (nSPS) is 26.4. The molecule has 1 aliphatic rings. The topological polar surface area (TPSA) is 52.9 Å². The number of hydrogen-bond acceptors (Lipinski definition) is 4. The summed E-state index contributed by atoms with van der Waals surface area (Å²) in [6.45, 7) is 5.44. The SMILES string of the molecule is CCC(CC)N1CC[C@H](O)[C@@](O)(COc2ccc(F)cc2)C1. The highest BCUT2D eigenvalue weighted by Crippen LogP contribution is 2.26. The third-order valence-electron chi connectivity index (χ3n) is 4.55. The van der Waals surface area contributed by atoms with Crippen LogP contribution in [0, 0.1) is 5.82 Å². The van der Waals surface area contributed by atoms with Crippen LogP contribution in [0.25, 0.3) is 0 Å². The Morgan fingerprint density at radius 1 is 1.32 bits per heavy atom. The zero-order valence-corrected chi connectivity index (χ0v) is 13.3. The molecule has 5 heteroatoms. The molecule has 0 radical (unpaired) electrons. The monoisotopic (exact) mass is 311 g/mol. The van der Waals surface area contributed by atoms with Crippen LogP contribution in [-0.2, 0) is 0 Å². The lowest BCUT2D eigenvalue weighted by molar-refractivity contribution is -0.145. The summed E-state index contributed by atoms with van der Waals surface area (Å²) in [4.78, 5) is 2.22. The van der Waals surface area contributed by atoms with E-state index in [9.17, 15) is 14.6 Å². The summed E-state index contributed by atoms with van der Waals surface area (Å²) in [5.74, 6) is 0.158. The van der Waals surface area contributed by atoms with E-state index in [-0.39, 0.29) is 12.4 Å². The number of aliphatic hydroxyl groups is 2. The van der Waals surface area contributed by atoms with E-state index in [1.54, 1.807) is 0 Å². The number of aliphatic hydroxyl groups excluding tert-OH is 1. The Balaban J connectivity index is 2.00. The first kappa shape index (κ1) is 17.2. The molecular weight excluding hydrogens is 285 g/mol. The van der Waals surface area contributed by atoms with Crippen molar-refractivity contribution in [3.05, 3.63) is 30.1 Å². The zero-order chi connectivity index (χ0) is 16.2.